The summed E-state index contributed by atoms with van der Waals surface area (Å²) >= 11 is 0. The third-order valence-electron chi connectivity index (χ3n) is 1.12. The third kappa shape index (κ3) is 5.54. The molecular weight excluding hydrogens is 159 g/mol. The number of hydrogen-bond donors (Lipinski definition) is 2. The minimum absolute atomic E-state index is 0.293. The van der Waals surface area contributed by atoms with Gasteiger partial charge in [-0.2, -0.15) is 0 Å². The smallest absolute Gasteiger partial charge is 0.315 e. The molecule has 0 aliphatic rings. The fourth-order valence-electron chi connectivity index (χ4n) is 0.526. The van der Waals surface area contributed by atoms with Crippen LogP contribution in [0.15, 0.2) is 0 Å². The molecule has 0 fully saturated rings. The topological polar surface area (TPSA) is 41.1 Å². The van der Waals surface area contributed by atoms with Crippen molar-refractivity contribution in [3.8, 4) is 11.8 Å². The van der Waals surface area contributed by atoms with Crippen molar-refractivity contribution < 1.29 is 9.18 Å². The van der Waals surface area contributed by atoms with Crippen LogP contribution in [0.1, 0.15) is 13.8 Å². The molecule has 0 saturated carbocycles. The summed E-state index contributed by atoms with van der Waals surface area (Å²) in [5.74, 6) is 5.28. The van der Waals surface area contributed by atoms with Crippen molar-refractivity contribution in [3.05, 3.63) is 0 Å². The number of urea groups is 1. The number of carbonyl (C=O) groups excluding carboxylic acids is 1. The maximum Gasteiger partial charge on any atom is 0.315 e. The van der Waals surface area contributed by atoms with Gasteiger partial charge in [-0.05, 0) is 13.8 Å². The zero-order chi connectivity index (χ0) is 9.40. The summed E-state index contributed by atoms with van der Waals surface area (Å²) < 4.78 is 11.9. The lowest BCUT2D eigenvalue weighted by Gasteiger charge is -2.09. The molecule has 2 amide bonds. The average Bonchev–Trinajstić information content (AvgIpc) is 2.05. The van der Waals surface area contributed by atoms with Gasteiger partial charge in [-0.3, -0.25) is 0 Å². The van der Waals surface area contributed by atoms with Crippen molar-refractivity contribution in [2.45, 2.75) is 19.9 Å². The molecule has 3 nitrogen and oxygen atoms in total. The average molecular weight is 172 g/mol. The van der Waals surface area contributed by atoms with Gasteiger partial charge >= 0.3 is 6.03 Å². The lowest BCUT2D eigenvalue weighted by Crippen LogP contribution is -2.41. The third-order valence-corrected chi connectivity index (χ3v) is 1.12. The molecule has 0 radical (unpaired) electrons. The predicted molar refractivity (Wildman–Crippen MR) is 45.4 cm³/mol. The van der Waals surface area contributed by atoms with Crippen molar-refractivity contribution in [2.24, 2.45) is 0 Å². The van der Waals surface area contributed by atoms with Gasteiger partial charge in [0.1, 0.15) is 6.67 Å². The van der Waals surface area contributed by atoms with E-state index in [1.165, 1.54) is 0 Å². The van der Waals surface area contributed by atoms with E-state index in [2.05, 4.69) is 22.5 Å². The van der Waals surface area contributed by atoms with E-state index in [4.69, 9.17) is 0 Å². The molecule has 1 atom stereocenters. The van der Waals surface area contributed by atoms with Gasteiger partial charge in [0.05, 0.1) is 12.6 Å². The molecule has 0 aliphatic carbocycles. The Morgan fingerprint density at radius 1 is 1.67 bits per heavy atom. The van der Waals surface area contributed by atoms with Gasteiger partial charge < -0.3 is 10.6 Å². The van der Waals surface area contributed by atoms with Crippen LogP contribution in [0, 0.1) is 11.8 Å². The first-order valence-electron chi connectivity index (χ1n) is 3.70. The molecule has 0 heterocycles. The Kier molecular flexibility index (Phi) is 5.80. The van der Waals surface area contributed by atoms with Crippen LogP contribution in [0.25, 0.3) is 0 Å². The van der Waals surface area contributed by atoms with Crippen LogP contribution in [-0.4, -0.2) is 25.3 Å². The molecule has 12 heavy (non-hydrogen) atoms. The van der Waals surface area contributed by atoms with Crippen LogP contribution >= 0.6 is 0 Å². The summed E-state index contributed by atoms with van der Waals surface area (Å²) in [6.07, 6.45) is 0. The summed E-state index contributed by atoms with van der Waals surface area (Å²) in [5.41, 5.74) is 0. The number of alkyl halides is 1. The first-order chi connectivity index (χ1) is 5.70. The Bertz CT molecular complexity index is 195. The fraction of sp³-hybridized carbons (Fsp3) is 0.625. The standard InChI is InChI=1S/C8H13FN2O/c1-3-4-5-10-8(12)11-7(2)6-9/h7H,5-6H2,1-2H3,(H2,10,11,12)/t7-/m0/s1. The van der Waals surface area contributed by atoms with Gasteiger partial charge in [0.2, 0.25) is 0 Å². The van der Waals surface area contributed by atoms with Crippen molar-refractivity contribution in [3.63, 3.8) is 0 Å². The number of carbonyl (C=O) groups is 1. The quantitative estimate of drug-likeness (QED) is 0.603. The first-order valence-corrected chi connectivity index (χ1v) is 3.70. The zero-order valence-electron chi connectivity index (χ0n) is 7.28. The molecule has 68 valence electrons. The van der Waals surface area contributed by atoms with E-state index >= 15 is 0 Å². The lowest BCUT2D eigenvalue weighted by atomic mass is 10.4. The highest BCUT2D eigenvalue weighted by atomic mass is 19.1. The number of rotatable bonds is 3. The Labute approximate surface area is 71.7 Å². The van der Waals surface area contributed by atoms with Gasteiger partial charge in [0.15, 0.2) is 0 Å². The minimum atomic E-state index is -0.563. The monoisotopic (exact) mass is 172 g/mol. The highest BCUT2D eigenvalue weighted by molar-refractivity contribution is 5.74. The van der Waals surface area contributed by atoms with Crippen LogP contribution in [0.5, 0.6) is 0 Å². The van der Waals surface area contributed by atoms with Gasteiger partial charge in [-0.25, -0.2) is 9.18 Å². The van der Waals surface area contributed by atoms with E-state index in [1.54, 1.807) is 13.8 Å². The molecule has 0 bridgehead atoms. The van der Waals surface area contributed by atoms with Gasteiger partial charge in [-0.1, -0.05) is 5.92 Å². The molecule has 0 aromatic rings. The molecule has 0 aliphatic heterocycles. The van der Waals surface area contributed by atoms with Crippen LogP contribution in [0.4, 0.5) is 9.18 Å². The largest absolute Gasteiger partial charge is 0.333 e. The van der Waals surface area contributed by atoms with Crippen LogP contribution < -0.4 is 10.6 Å². The van der Waals surface area contributed by atoms with E-state index in [9.17, 15) is 9.18 Å². The Hall–Kier alpha value is -1.24. The molecular formula is C8H13FN2O. The maximum absolute atomic E-state index is 11.9. The molecule has 0 rings (SSSR count). The maximum atomic E-state index is 11.9. The number of amides is 2. The Morgan fingerprint density at radius 2 is 2.33 bits per heavy atom. The molecule has 0 aromatic heterocycles. The summed E-state index contributed by atoms with van der Waals surface area (Å²) in [6.45, 7) is 3.00. The number of halogens is 1. The molecule has 2 N–H and O–H groups in total. The predicted octanol–water partition coefficient (Wildman–Crippen LogP) is 0.667. The van der Waals surface area contributed by atoms with Crippen molar-refractivity contribution in [2.75, 3.05) is 13.2 Å². The fourth-order valence-corrected chi connectivity index (χ4v) is 0.526. The van der Waals surface area contributed by atoms with E-state index in [-0.39, 0.29) is 6.03 Å². The summed E-state index contributed by atoms with van der Waals surface area (Å²) in [5, 5.41) is 4.85. The van der Waals surface area contributed by atoms with E-state index in [0.717, 1.165) is 0 Å². The molecule has 0 spiro atoms. The lowest BCUT2D eigenvalue weighted by molar-refractivity contribution is 0.236. The highest BCUT2D eigenvalue weighted by Gasteiger charge is 2.03. The van der Waals surface area contributed by atoms with E-state index in [0.29, 0.717) is 6.54 Å². The summed E-state index contributed by atoms with van der Waals surface area (Å²) in [6, 6.07) is -0.831. The van der Waals surface area contributed by atoms with Crippen LogP contribution in [0.3, 0.4) is 0 Å². The SMILES string of the molecule is CC#CCNC(=O)N[C@@H](C)CF. The molecule has 0 unspecified atom stereocenters. The van der Waals surface area contributed by atoms with Crippen LogP contribution in [0.2, 0.25) is 0 Å². The Balaban J connectivity index is 3.50. The normalized spacial score (nSPS) is 10.9. The second-order valence-corrected chi connectivity index (χ2v) is 2.31. The van der Waals surface area contributed by atoms with Gasteiger partial charge in [0.25, 0.3) is 0 Å². The highest BCUT2D eigenvalue weighted by Crippen LogP contribution is 1.80. The van der Waals surface area contributed by atoms with Crippen molar-refractivity contribution in [1.29, 1.82) is 0 Å². The second-order valence-electron chi connectivity index (χ2n) is 2.31. The van der Waals surface area contributed by atoms with Crippen molar-refractivity contribution in [1.82, 2.24) is 10.6 Å². The molecule has 0 saturated heterocycles. The molecule has 0 aromatic carbocycles. The molecule has 4 heteroatoms. The number of hydrogen-bond acceptors (Lipinski definition) is 1. The van der Waals surface area contributed by atoms with Gasteiger partial charge in [-0.15, -0.1) is 5.92 Å². The summed E-state index contributed by atoms with van der Waals surface area (Å²) in [7, 11) is 0. The minimum Gasteiger partial charge on any atom is -0.333 e. The summed E-state index contributed by atoms with van der Waals surface area (Å²) in [4.78, 5) is 10.8. The Morgan fingerprint density at radius 3 is 2.83 bits per heavy atom. The van der Waals surface area contributed by atoms with Gasteiger partial charge in [0, 0.05) is 0 Å². The number of nitrogens with one attached hydrogen (secondary N) is 2. The first kappa shape index (κ1) is 10.8. The van der Waals surface area contributed by atoms with E-state index in [1.807, 2.05) is 0 Å². The second kappa shape index (κ2) is 6.47. The van der Waals surface area contributed by atoms with Crippen LogP contribution in [-0.2, 0) is 0 Å². The van der Waals surface area contributed by atoms with E-state index < -0.39 is 12.7 Å². The zero-order valence-corrected chi connectivity index (χ0v) is 7.28. The van der Waals surface area contributed by atoms with Crippen molar-refractivity contribution >= 4 is 6.03 Å².